The molecule has 1 aliphatic heterocycles. The van der Waals surface area contributed by atoms with E-state index in [1.54, 1.807) is 6.92 Å². The number of carbonyl (C=O) groups excluding carboxylic acids is 3. The van der Waals surface area contributed by atoms with Crippen molar-refractivity contribution in [1.29, 1.82) is 0 Å². The lowest BCUT2D eigenvalue weighted by molar-refractivity contribution is -0.172. The third-order valence-electron chi connectivity index (χ3n) is 8.69. The van der Waals surface area contributed by atoms with E-state index in [0.29, 0.717) is 24.4 Å². The van der Waals surface area contributed by atoms with Gasteiger partial charge in [-0.25, -0.2) is 0 Å². The van der Waals surface area contributed by atoms with Gasteiger partial charge in [-0.3, -0.25) is 14.4 Å². The largest absolute Gasteiger partial charge is 0.459 e. The quantitative estimate of drug-likeness (QED) is 0.306. The van der Waals surface area contributed by atoms with Gasteiger partial charge in [-0.1, -0.05) is 26.7 Å². The molecule has 0 aromatic carbocycles. The number of unbranched alkanes of at least 4 members (excludes halogenated alkanes) is 1. The van der Waals surface area contributed by atoms with Gasteiger partial charge in [0.25, 0.3) is 0 Å². The zero-order valence-corrected chi connectivity index (χ0v) is 19.4. The fourth-order valence-electron chi connectivity index (χ4n) is 7.14. The monoisotopic (exact) mass is 434 g/mol. The number of esters is 3. The van der Waals surface area contributed by atoms with Gasteiger partial charge in [0.15, 0.2) is 0 Å². The van der Waals surface area contributed by atoms with Crippen molar-refractivity contribution >= 4 is 17.9 Å². The van der Waals surface area contributed by atoms with Crippen molar-refractivity contribution in [2.24, 2.45) is 41.4 Å². The highest BCUT2D eigenvalue weighted by Gasteiger charge is 2.61. The lowest BCUT2D eigenvalue weighted by Crippen LogP contribution is -2.44. The molecule has 9 atom stereocenters. The number of carbonyl (C=O) groups is 3. The van der Waals surface area contributed by atoms with Crippen LogP contribution in [0.4, 0.5) is 0 Å². The first-order chi connectivity index (χ1) is 14.7. The molecule has 0 radical (unpaired) electrons. The zero-order valence-electron chi connectivity index (χ0n) is 19.4. The SMILES string of the molecule is CCCCOC(C)C1C(=O)OC(=O)C1CC(C)C(=O)OC1(C)CC2CC1C1CCCC21. The van der Waals surface area contributed by atoms with E-state index in [0.717, 1.165) is 25.2 Å². The predicted octanol–water partition coefficient (Wildman–Crippen LogP) is 4.29. The first kappa shape index (κ1) is 22.8. The van der Waals surface area contributed by atoms with Crippen LogP contribution in [0.25, 0.3) is 0 Å². The number of rotatable bonds is 9. The van der Waals surface area contributed by atoms with Crippen LogP contribution in [0.5, 0.6) is 0 Å². The molecular weight excluding hydrogens is 396 g/mol. The molecule has 4 fully saturated rings. The van der Waals surface area contributed by atoms with Crippen LogP contribution >= 0.6 is 0 Å². The van der Waals surface area contributed by atoms with E-state index in [2.05, 4.69) is 13.8 Å². The molecule has 6 heteroatoms. The second-order valence-corrected chi connectivity index (χ2v) is 10.7. The average Bonchev–Trinajstić information content (AvgIpc) is 3.43. The Balaban J connectivity index is 1.36. The lowest BCUT2D eigenvalue weighted by Gasteiger charge is -2.40. The van der Waals surface area contributed by atoms with Crippen LogP contribution in [0.3, 0.4) is 0 Å². The van der Waals surface area contributed by atoms with Crippen LogP contribution in [0.1, 0.15) is 79.1 Å². The summed E-state index contributed by atoms with van der Waals surface area (Å²) in [5.41, 5.74) is -0.385. The van der Waals surface area contributed by atoms with Crippen molar-refractivity contribution in [2.45, 2.75) is 90.8 Å². The molecule has 0 aromatic rings. The van der Waals surface area contributed by atoms with E-state index in [-0.39, 0.29) is 18.0 Å². The van der Waals surface area contributed by atoms with Gasteiger partial charge in [0.2, 0.25) is 0 Å². The van der Waals surface area contributed by atoms with Crippen molar-refractivity contribution in [3.63, 3.8) is 0 Å². The van der Waals surface area contributed by atoms with Gasteiger partial charge in [-0.05, 0) is 70.1 Å². The highest BCUT2D eigenvalue weighted by atomic mass is 16.6. The topological polar surface area (TPSA) is 78.9 Å². The summed E-state index contributed by atoms with van der Waals surface area (Å²) in [4.78, 5) is 37.7. The van der Waals surface area contributed by atoms with Gasteiger partial charge in [0, 0.05) is 12.5 Å². The molecule has 9 unspecified atom stereocenters. The summed E-state index contributed by atoms with van der Waals surface area (Å²) in [5, 5.41) is 0. The van der Waals surface area contributed by atoms with Gasteiger partial charge in [-0.2, -0.15) is 0 Å². The van der Waals surface area contributed by atoms with E-state index in [4.69, 9.17) is 14.2 Å². The molecule has 3 aliphatic carbocycles. The van der Waals surface area contributed by atoms with Gasteiger partial charge < -0.3 is 14.2 Å². The van der Waals surface area contributed by atoms with Crippen molar-refractivity contribution in [3.05, 3.63) is 0 Å². The Morgan fingerprint density at radius 2 is 1.94 bits per heavy atom. The van der Waals surface area contributed by atoms with Crippen molar-refractivity contribution in [2.75, 3.05) is 6.61 Å². The summed E-state index contributed by atoms with van der Waals surface area (Å²) in [6, 6.07) is 0. The van der Waals surface area contributed by atoms with Crippen LogP contribution in [0.2, 0.25) is 0 Å². The van der Waals surface area contributed by atoms with E-state index in [1.807, 2.05) is 6.92 Å². The van der Waals surface area contributed by atoms with E-state index in [1.165, 1.54) is 25.7 Å². The van der Waals surface area contributed by atoms with Gasteiger partial charge in [-0.15, -0.1) is 0 Å². The predicted molar refractivity (Wildman–Crippen MR) is 114 cm³/mol. The maximum Gasteiger partial charge on any atom is 0.320 e. The summed E-state index contributed by atoms with van der Waals surface area (Å²) < 4.78 is 16.9. The minimum absolute atomic E-state index is 0.255. The molecule has 0 spiro atoms. The van der Waals surface area contributed by atoms with E-state index >= 15 is 0 Å². The summed E-state index contributed by atoms with van der Waals surface area (Å²) in [6.45, 7) is 8.33. The molecule has 4 rings (SSSR count). The number of hydrogen-bond acceptors (Lipinski definition) is 6. The number of hydrogen-bond donors (Lipinski definition) is 0. The summed E-state index contributed by atoms with van der Waals surface area (Å²) in [7, 11) is 0. The van der Waals surface area contributed by atoms with E-state index < -0.39 is 35.8 Å². The third-order valence-corrected chi connectivity index (χ3v) is 8.69. The number of cyclic esters (lactones) is 2. The van der Waals surface area contributed by atoms with Gasteiger partial charge >= 0.3 is 17.9 Å². The van der Waals surface area contributed by atoms with Crippen LogP contribution in [0.15, 0.2) is 0 Å². The molecule has 4 aliphatic rings. The first-order valence-electron chi connectivity index (χ1n) is 12.3. The Bertz CT molecular complexity index is 719. The molecule has 31 heavy (non-hydrogen) atoms. The molecule has 2 bridgehead atoms. The lowest BCUT2D eigenvalue weighted by atomic mass is 9.73. The van der Waals surface area contributed by atoms with Crippen LogP contribution in [0, 0.1) is 41.4 Å². The Labute approximate surface area is 185 Å². The molecule has 1 heterocycles. The Morgan fingerprint density at radius 1 is 1.19 bits per heavy atom. The zero-order chi connectivity index (χ0) is 22.3. The third kappa shape index (κ3) is 4.17. The second kappa shape index (κ2) is 8.84. The molecule has 0 amide bonds. The van der Waals surface area contributed by atoms with E-state index in [9.17, 15) is 14.4 Å². The normalized spacial score (nSPS) is 40.6. The molecule has 174 valence electrons. The molecule has 6 nitrogen and oxygen atoms in total. The maximum absolute atomic E-state index is 13.0. The smallest absolute Gasteiger partial charge is 0.320 e. The molecule has 3 saturated carbocycles. The number of ether oxygens (including phenoxy) is 3. The van der Waals surface area contributed by atoms with Crippen molar-refractivity contribution in [1.82, 2.24) is 0 Å². The van der Waals surface area contributed by atoms with Crippen LogP contribution in [-0.2, 0) is 28.6 Å². The minimum atomic E-state index is -0.656. The standard InChI is InChI=1S/C25H38O6/c1-5-6-10-29-15(3)21-19(23(27)30-24(21)28)11-14(2)22(26)31-25(4)13-16-12-20(25)18-9-7-8-17(16)18/h14-21H,5-13H2,1-4H3. The maximum atomic E-state index is 13.0. The molecular formula is C25H38O6. The summed E-state index contributed by atoms with van der Waals surface area (Å²) in [5.74, 6) is -0.400. The fourth-order valence-corrected chi connectivity index (χ4v) is 7.14. The molecule has 0 aromatic heterocycles. The Kier molecular flexibility index (Phi) is 6.49. The highest BCUT2D eigenvalue weighted by Crippen LogP contribution is 2.63. The van der Waals surface area contributed by atoms with Crippen LogP contribution < -0.4 is 0 Å². The first-order valence-corrected chi connectivity index (χ1v) is 12.3. The second-order valence-electron chi connectivity index (χ2n) is 10.7. The Morgan fingerprint density at radius 3 is 2.68 bits per heavy atom. The average molecular weight is 435 g/mol. The highest BCUT2D eigenvalue weighted by molar-refractivity contribution is 5.97. The van der Waals surface area contributed by atoms with Crippen LogP contribution in [-0.4, -0.2) is 36.2 Å². The number of fused-ring (bicyclic) bond motifs is 5. The molecule has 0 N–H and O–H groups in total. The van der Waals surface area contributed by atoms with Gasteiger partial charge in [0.1, 0.15) is 5.60 Å². The molecule has 1 saturated heterocycles. The fraction of sp³-hybridized carbons (Fsp3) is 0.880. The Hall–Kier alpha value is -1.43. The van der Waals surface area contributed by atoms with Gasteiger partial charge in [0.05, 0.1) is 23.9 Å². The van der Waals surface area contributed by atoms with Crippen molar-refractivity contribution in [3.8, 4) is 0 Å². The van der Waals surface area contributed by atoms with Crippen molar-refractivity contribution < 1.29 is 28.6 Å². The summed E-state index contributed by atoms with van der Waals surface area (Å²) >= 11 is 0. The minimum Gasteiger partial charge on any atom is -0.459 e. The summed E-state index contributed by atoms with van der Waals surface area (Å²) in [6.07, 6.45) is 7.79.